The summed E-state index contributed by atoms with van der Waals surface area (Å²) in [6.45, 7) is 11.6. The van der Waals surface area contributed by atoms with Gasteiger partial charge in [0, 0.05) is 13.6 Å². The predicted molar refractivity (Wildman–Crippen MR) is 118 cm³/mol. The van der Waals surface area contributed by atoms with Crippen LogP contribution in [0.1, 0.15) is 69.7 Å². The van der Waals surface area contributed by atoms with Gasteiger partial charge in [0.1, 0.15) is 18.2 Å². The number of ether oxygens (including phenoxy) is 1. The van der Waals surface area contributed by atoms with Gasteiger partial charge in [-0.3, -0.25) is 9.59 Å². The smallest absolute Gasteiger partial charge is 0.408 e. The first kappa shape index (κ1) is 25.5. The molecule has 1 unspecified atom stereocenters. The summed E-state index contributed by atoms with van der Waals surface area (Å²) in [4.78, 5) is 39.0. The molecule has 0 aromatic heterocycles. The SMILES string of the molecule is CCCCCNC(=O)C(c1ccc(C)cc1C)N(C)C(=O)CNC(=O)OC(C)(C)C. The third kappa shape index (κ3) is 8.43. The number of nitrogens with zero attached hydrogens (tertiary/aromatic N) is 1. The Kier molecular flexibility index (Phi) is 9.82. The molecule has 3 amide bonds. The number of benzene rings is 1. The van der Waals surface area contributed by atoms with Crippen molar-refractivity contribution in [2.45, 2.75) is 72.4 Å². The van der Waals surface area contributed by atoms with E-state index in [0.717, 1.165) is 36.0 Å². The fourth-order valence-electron chi connectivity index (χ4n) is 3.07. The van der Waals surface area contributed by atoms with Crippen LogP contribution in [0.2, 0.25) is 0 Å². The van der Waals surface area contributed by atoms with Gasteiger partial charge in [0.2, 0.25) is 11.8 Å². The van der Waals surface area contributed by atoms with Crippen molar-refractivity contribution in [2.75, 3.05) is 20.1 Å². The Labute approximate surface area is 180 Å². The molecule has 0 saturated heterocycles. The van der Waals surface area contributed by atoms with Gasteiger partial charge in [-0.05, 0) is 52.2 Å². The topological polar surface area (TPSA) is 87.7 Å². The lowest BCUT2D eigenvalue weighted by molar-refractivity contribution is -0.138. The minimum Gasteiger partial charge on any atom is -0.444 e. The van der Waals surface area contributed by atoms with Gasteiger partial charge in [0.15, 0.2) is 0 Å². The highest BCUT2D eigenvalue weighted by Crippen LogP contribution is 2.24. The van der Waals surface area contributed by atoms with Gasteiger partial charge in [-0.2, -0.15) is 0 Å². The lowest BCUT2D eigenvalue weighted by Crippen LogP contribution is -2.46. The quantitative estimate of drug-likeness (QED) is 0.598. The van der Waals surface area contributed by atoms with E-state index in [-0.39, 0.29) is 18.4 Å². The second kappa shape index (κ2) is 11.6. The summed E-state index contributed by atoms with van der Waals surface area (Å²) in [7, 11) is 1.58. The highest BCUT2D eigenvalue weighted by molar-refractivity contribution is 5.90. The van der Waals surface area contributed by atoms with E-state index in [2.05, 4.69) is 17.6 Å². The number of nitrogens with one attached hydrogen (secondary N) is 2. The average molecular weight is 420 g/mol. The first-order valence-electron chi connectivity index (χ1n) is 10.5. The Morgan fingerprint density at radius 2 is 1.77 bits per heavy atom. The monoisotopic (exact) mass is 419 g/mol. The van der Waals surface area contributed by atoms with Crippen LogP contribution >= 0.6 is 0 Å². The average Bonchev–Trinajstić information content (AvgIpc) is 2.63. The number of amides is 3. The van der Waals surface area contributed by atoms with Gasteiger partial charge in [-0.15, -0.1) is 0 Å². The number of unbranched alkanes of at least 4 members (excludes halogenated alkanes) is 2. The van der Waals surface area contributed by atoms with Crippen LogP contribution in [0.15, 0.2) is 18.2 Å². The summed E-state index contributed by atoms with van der Waals surface area (Å²) >= 11 is 0. The van der Waals surface area contributed by atoms with Crippen LogP contribution in [0, 0.1) is 13.8 Å². The van der Waals surface area contributed by atoms with Crippen molar-refractivity contribution >= 4 is 17.9 Å². The number of aryl methyl sites for hydroxylation is 2. The Morgan fingerprint density at radius 3 is 2.33 bits per heavy atom. The van der Waals surface area contributed by atoms with E-state index in [1.165, 1.54) is 4.90 Å². The molecule has 1 aromatic rings. The van der Waals surface area contributed by atoms with Crippen molar-refractivity contribution in [3.05, 3.63) is 34.9 Å². The van der Waals surface area contributed by atoms with Crippen LogP contribution in [-0.4, -0.2) is 48.5 Å². The van der Waals surface area contributed by atoms with Crippen LogP contribution in [0.4, 0.5) is 4.79 Å². The van der Waals surface area contributed by atoms with Crippen molar-refractivity contribution in [1.82, 2.24) is 15.5 Å². The van der Waals surface area contributed by atoms with E-state index < -0.39 is 17.7 Å². The van der Waals surface area contributed by atoms with Crippen LogP contribution in [0.3, 0.4) is 0 Å². The zero-order chi connectivity index (χ0) is 22.9. The minimum absolute atomic E-state index is 0.230. The van der Waals surface area contributed by atoms with Crippen LogP contribution < -0.4 is 10.6 Å². The summed E-state index contributed by atoms with van der Waals surface area (Å²) in [5, 5.41) is 5.41. The highest BCUT2D eigenvalue weighted by Gasteiger charge is 2.30. The maximum atomic E-state index is 13.0. The zero-order valence-corrected chi connectivity index (χ0v) is 19.4. The number of carbonyl (C=O) groups is 3. The first-order valence-corrected chi connectivity index (χ1v) is 10.5. The third-order valence-corrected chi connectivity index (χ3v) is 4.61. The number of carbonyl (C=O) groups excluding carboxylic acids is 3. The van der Waals surface area contributed by atoms with Crippen molar-refractivity contribution < 1.29 is 19.1 Å². The molecular formula is C23H37N3O4. The molecule has 1 aromatic carbocycles. The molecule has 7 nitrogen and oxygen atoms in total. The molecule has 0 fully saturated rings. The van der Waals surface area contributed by atoms with Crippen molar-refractivity contribution in [1.29, 1.82) is 0 Å². The third-order valence-electron chi connectivity index (χ3n) is 4.61. The summed E-state index contributed by atoms with van der Waals surface area (Å²) in [6.07, 6.45) is 2.31. The summed E-state index contributed by atoms with van der Waals surface area (Å²) in [5.74, 6) is -0.610. The summed E-state index contributed by atoms with van der Waals surface area (Å²) in [5.41, 5.74) is 2.13. The molecule has 7 heteroatoms. The van der Waals surface area contributed by atoms with Gasteiger partial charge < -0.3 is 20.3 Å². The lowest BCUT2D eigenvalue weighted by Gasteiger charge is -2.29. The highest BCUT2D eigenvalue weighted by atomic mass is 16.6. The molecule has 0 spiro atoms. The van der Waals surface area contributed by atoms with E-state index in [0.29, 0.717) is 6.54 Å². The molecule has 168 valence electrons. The van der Waals surface area contributed by atoms with E-state index in [9.17, 15) is 14.4 Å². The van der Waals surface area contributed by atoms with E-state index in [1.807, 2.05) is 32.0 Å². The molecule has 2 N–H and O–H groups in total. The molecule has 0 saturated carbocycles. The Hall–Kier alpha value is -2.57. The van der Waals surface area contributed by atoms with Gasteiger partial charge in [0.25, 0.3) is 0 Å². The van der Waals surface area contributed by atoms with Gasteiger partial charge >= 0.3 is 6.09 Å². The molecule has 1 atom stereocenters. The standard InChI is InChI=1S/C23H37N3O4/c1-8-9-10-13-24-21(28)20(18-12-11-16(2)14-17(18)3)26(7)19(27)15-25-22(29)30-23(4,5)6/h11-12,14,20H,8-10,13,15H2,1-7H3,(H,24,28)(H,25,29). The Morgan fingerprint density at radius 1 is 1.10 bits per heavy atom. The van der Waals surface area contributed by atoms with Crippen molar-refractivity contribution in [3.8, 4) is 0 Å². The van der Waals surface area contributed by atoms with Gasteiger partial charge in [-0.1, -0.05) is 43.5 Å². The first-order chi connectivity index (χ1) is 14.0. The largest absolute Gasteiger partial charge is 0.444 e. The molecular weight excluding hydrogens is 382 g/mol. The molecule has 0 bridgehead atoms. The molecule has 0 aliphatic heterocycles. The fraction of sp³-hybridized carbons (Fsp3) is 0.609. The van der Waals surface area contributed by atoms with Crippen LogP contribution in [0.5, 0.6) is 0 Å². The van der Waals surface area contributed by atoms with Crippen molar-refractivity contribution in [3.63, 3.8) is 0 Å². The Bertz CT molecular complexity index is 740. The predicted octanol–water partition coefficient (Wildman–Crippen LogP) is 3.63. The number of rotatable bonds is 9. The van der Waals surface area contributed by atoms with Gasteiger partial charge in [-0.25, -0.2) is 4.79 Å². The van der Waals surface area contributed by atoms with Crippen molar-refractivity contribution in [2.24, 2.45) is 0 Å². The molecule has 1 rings (SSSR count). The summed E-state index contributed by atoms with van der Waals surface area (Å²) in [6, 6.07) is 5.02. The maximum Gasteiger partial charge on any atom is 0.408 e. The maximum absolute atomic E-state index is 13.0. The minimum atomic E-state index is -0.778. The van der Waals surface area contributed by atoms with Crippen LogP contribution in [-0.2, 0) is 14.3 Å². The normalized spacial score (nSPS) is 12.1. The zero-order valence-electron chi connectivity index (χ0n) is 19.4. The molecule has 0 radical (unpaired) electrons. The van der Waals surface area contributed by atoms with Gasteiger partial charge in [0.05, 0.1) is 0 Å². The number of hydrogen-bond acceptors (Lipinski definition) is 4. The second-order valence-electron chi connectivity index (χ2n) is 8.62. The number of alkyl carbamates (subject to hydrolysis) is 1. The van der Waals surface area contributed by atoms with Crippen LogP contribution in [0.25, 0.3) is 0 Å². The summed E-state index contributed by atoms with van der Waals surface area (Å²) < 4.78 is 5.17. The van der Waals surface area contributed by atoms with E-state index in [4.69, 9.17) is 4.74 Å². The lowest BCUT2D eigenvalue weighted by atomic mass is 9.97. The molecule has 0 aliphatic rings. The fourth-order valence-corrected chi connectivity index (χ4v) is 3.07. The molecule has 0 heterocycles. The Balaban J connectivity index is 2.95. The molecule has 30 heavy (non-hydrogen) atoms. The second-order valence-corrected chi connectivity index (χ2v) is 8.62. The molecule has 0 aliphatic carbocycles. The number of likely N-dealkylation sites (N-methyl/N-ethyl adjacent to an activating group) is 1. The van der Waals surface area contributed by atoms with E-state index in [1.54, 1.807) is 27.8 Å². The number of hydrogen-bond donors (Lipinski definition) is 2. The van der Waals surface area contributed by atoms with E-state index >= 15 is 0 Å².